The third kappa shape index (κ3) is 5.87. The smallest absolute Gasteiger partial charge is 0.283 e. The van der Waals surface area contributed by atoms with E-state index in [2.05, 4.69) is 0 Å². The van der Waals surface area contributed by atoms with Gasteiger partial charge in [-0.1, -0.05) is 0 Å². The van der Waals surface area contributed by atoms with Crippen LogP contribution in [0.5, 0.6) is 0 Å². The van der Waals surface area contributed by atoms with Gasteiger partial charge in [0.25, 0.3) is 5.97 Å². The highest BCUT2D eigenvalue weighted by atomic mass is 32.2. The number of ether oxygens (including phenoxy) is 4. The van der Waals surface area contributed by atoms with Crippen LogP contribution in [0.2, 0.25) is 0 Å². The van der Waals surface area contributed by atoms with Gasteiger partial charge in [0.05, 0.1) is 17.4 Å². The van der Waals surface area contributed by atoms with Crippen LogP contribution in [0.25, 0.3) is 0 Å². The Balaban J connectivity index is 2.91. The second kappa shape index (κ2) is 9.62. The standard InChI is InChI=1S/C17H35NO6S/c1-7-22-17(23-8-2,24-9-3)12-14-25(19,20)18-13-10-11-15(18)16(4,5)21-6/h15H,7-14H2,1-6H3/t15-/m0/s1. The number of hydrogen-bond acceptors (Lipinski definition) is 6. The molecule has 0 aliphatic carbocycles. The van der Waals surface area contributed by atoms with Gasteiger partial charge in [-0.25, -0.2) is 8.42 Å². The number of nitrogens with zero attached hydrogens (tertiary/aromatic N) is 1. The van der Waals surface area contributed by atoms with Crippen LogP contribution >= 0.6 is 0 Å². The van der Waals surface area contributed by atoms with Gasteiger partial charge in [0, 0.05) is 39.9 Å². The van der Waals surface area contributed by atoms with E-state index in [1.807, 2.05) is 34.6 Å². The van der Waals surface area contributed by atoms with Gasteiger partial charge in [-0.2, -0.15) is 4.31 Å². The van der Waals surface area contributed by atoms with Crippen LogP contribution < -0.4 is 0 Å². The van der Waals surface area contributed by atoms with E-state index >= 15 is 0 Å². The van der Waals surface area contributed by atoms with Crippen molar-refractivity contribution < 1.29 is 27.4 Å². The maximum Gasteiger partial charge on any atom is 0.283 e. The van der Waals surface area contributed by atoms with E-state index in [9.17, 15) is 8.42 Å². The highest BCUT2D eigenvalue weighted by molar-refractivity contribution is 7.89. The molecule has 0 bridgehead atoms. The second-order valence-corrected chi connectivity index (χ2v) is 8.67. The van der Waals surface area contributed by atoms with Gasteiger partial charge in [-0.05, 0) is 47.5 Å². The molecule has 1 saturated heterocycles. The largest absolute Gasteiger partial charge is 0.377 e. The SMILES string of the molecule is CCOC(CCS(=O)(=O)N1CCC[C@H]1C(C)(C)OC)(OCC)OCC. The van der Waals surface area contributed by atoms with Crippen molar-refractivity contribution in [3.8, 4) is 0 Å². The van der Waals surface area contributed by atoms with Crippen molar-refractivity contribution in [2.45, 2.75) is 71.5 Å². The van der Waals surface area contributed by atoms with Gasteiger partial charge in [0.2, 0.25) is 10.0 Å². The zero-order valence-electron chi connectivity index (χ0n) is 16.5. The molecule has 0 aromatic carbocycles. The third-order valence-corrected chi connectivity index (χ3v) is 6.52. The van der Waals surface area contributed by atoms with E-state index in [-0.39, 0.29) is 18.2 Å². The summed E-state index contributed by atoms with van der Waals surface area (Å²) in [6.07, 6.45) is 1.76. The Morgan fingerprint density at radius 1 is 1.04 bits per heavy atom. The minimum absolute atomic E-state index is 0.0940. The third-order valence-electron chi connectivity index (χ3n) is 4.65. The molecule has 25 heavy (non-hydrogen) atoms. The van der Waals surface area contributed by atoms with Crippen LogP contribution in [0.4, 0.5) is 0 Å². The van der Waals surface area contributed by atoms with Crippen molar-refractivity contribution in [1.82, 2.24) is 4.31 Å². The molecule has 0 aromatic rings. The number of rotatable bonds is 12. The molecule has 1 atom stereocenters. The molecule has 1 rings (SSSR count). The average molecular weight is 382 g/mol. The minimum Gasteiger partial charge on any atom is -0.377 e. The zero-order chi connectivity index (χ0) is 19.1. The summed E-state index contributed by atoms with van der Waals surface area (Å²) >= 11 is 0. The minimum atomic E-state index is -3.48. The van der Waals surface area contributed by atoms with Crippen LogP contribution in [0, 0.1) is 0 Å². The Labute approximate surface area is 153 Å². The molecular weight excluding hydrogens is 346 g/mol. The zero-order valence-corrected chi connectivity index (χ0v) is 17.4. The van der Waals surface area contributed by atoms with Gasteiger partial charge in [-0.3, -0.25) is 0 Å². The van der Waals surface area contributed by atoms with Crippen LogP contribution in [0.3, 0.4) is 0 Å². The first-order chi connectivity index (χ1) is 11.7. The Morgan fingerprint density at radius 2 is 1.56 bits per heavy atom. The molecule has 1 fully saturated rings. The van der Waals surface area contributed by atoms with Gasteiger partial charge < -0.3 is 18.9 Å². The summed E-state index contributed by atoms with van der Waals surface area (Å²) < 4.78 is 49.9. The van der Waals surface area contributed by atoms with Gasteiger partial charge in [0.15, 0.2) is 0 Å². The lowest BCUT2D eigenvalue weighted by Crippen LogP contribution is -2.50. The molecule has 0 saturated carbocycles. The molecule has 0 amide bonds. The molecule has 0 unspecified atom stereocenters. The number of methoxy groups -OCH3 is 1. The summed E-state index contributed by atoms with van der Waals surface area (Å²) in [5, 5.41) is 0. The predicted molar refractivity (Wildman–Crippen MR) is 96.8 cm³/mol. The summed E-state index contributed by atoms with van der Waals surface area (Å²) in [6, 6.07) is -0.164. The number of hydrogen-bond donors (Lipinski definition) is 0. The van der Waals surface area contributed by atoms with E-state index in [0.717, 1.165) is 12.8 Å². The van der Waals surface area contributed by atoms with Crippen LogP contribution in [-0.4, -0.2) is 69.6 Å². The topological polar surface area (TPSA) is 74.3 Å². The van der Waals surface area contributed by atoms with Gasteiger partial charge in [0.1, 0.15) is 0 Å². The Hall–Kier alpha value is -0.250. The van der Waals surface area contributed by atoms with Crippen LogP contribution in [0.1, 0.15) is 53.9 Å². The molecule has 0 spiro atoms. The Morgan fingerprint density at radius 3 is 2.00 bits per heavy atom. The van der Waals surface area contributed by atoms with Gasteiger partial charge in [-0.15, -0.1) is 0 Å². The molecule has 0 radical (unpaired) electrons. The first-order valence-corrected chi connectivity index (χ1v) is 10.8. The molecule has 0 N–H and O–H groups in total. The molecule has 7 nitrogen and oxygen atoms in total. The summed E-state index contributed by atoms with van der Waals surface area (Å²) in [6.45, 7) is 11.0. The molecule has 0 aromatic heterocycles. The maximum absolute atomic E-state index is 13.0. The molecule has 1 aliphatic rings. The quantitative estimate of drug-likeness (QED) is 0.483. The van der Waals surface area contributed by atoms with E-state index in [1.54, 1.807) is 11.4 Å². The Kier molecular flexibility index (Phi) is 8.77. The van der Waals surface area contributed by atoms with E-state index < -0.39 is 21.6 Å². The van der Waals surface area contributed by atoms with Crippen molar-refractivity contribution in [1.29, 1.82) is 0 Å². The van der Waals surface area contributed by atoms with Crippen molar-refractivity contribution in [3.63, 3.8) is 0 Å². The maximum atomic E-state index is 13.0. The van der Waals surface area contributed by atoms with E-state index in [0.29, 0.717) is 26.4 Å². The molecular formula is C17H35NO6S. The van der Waals surface area contributed by atoms with Crippen LogP contribution in [-0.2, 0) is 29.0 Å². The monoisotopic (exact) mass is 381 g/mol. The van der Waals surface area contributed by atoms with Crippen LogP contribution in [0.15, 0.2) is 0 Å². The molecule has 1 aliphatic heterocycles. The second-order valence-electron chi connectivity index (χ2n) is 6.62. The highest BCUT2D eigenvalue weighted by Gasteiger charge is 2.44. The first kappa shape index (κ1) is 22.8. The lowest BCUT2D eigenvalue weighted by Gasteiger charge is -2.37. The highest BCUT2D eigenvalue weighted by Crippen LogP contribution is 2.32. The summed E-state index contributed by atoms with van der Waals surface area (Å²) in [7, 11) is -1.86. The predicted octanol–water partition coefficient (Wildman–Crippen LogP) is 2.36. The fourth-order valence-corrected chi connectivity index (χ4v) is 5.17. The van der Waals surface area contributed by atoms with E-state index in [4.69, 9.17) is 18.9 Å². The fourth-order valence-electron chi connectivity index (χ4n) is 3.28. The average Bonchev–Trinajstić information content (AvgIpc) is 3.05. The Bertz CT molecular complexity index is 476. The number of sulfonamides is 1. The molecule has 8 heteroatoms. The van der Waals surface area contributed by atoms with Crippen molar-refractivity contribution in [3.05, 3.63) is 0 Å². The van der Waals surface area contributed by atoms with Crippen molar-refractivity contribution >= 4 is 10.0 Å². The normalized spacial score (nSPS) is 20.3. The lowest BCUT2D eigenvalue weighted by atomic mass is 9.97. The molecule has 1 heterocycles. The first-order valence-electron chi connectivity index (χ1n) is 9.14. The van der Waals surface area contributed by atoms with Gasteiger partial charge >= 0.3 is 0 Å². The lowest BCUT2D eigenvalue weighted by molar-refractivity contribution is -0.377. The summed E-state index contributed by atoms with van der Waals surface area (Å²) in [4.78, 5) is 0. The van der Waals surface area contributed by atoms with Crippen molar-refractivity contribution in [2.75, 3.05) is 39.2 Å². The fraction of sp³-hybridized carbons (Fsp3) is 1.00. The van der Waals surface area contributed by atoms with Crippen molar-refractivity contribution in [2.24, 2.45) is 0 Å². The summed E-state index contributed by atoms with van der Waals surface area (Å²) in [5.74, 6) is -1.40. The molecule has 150 valence electrons. The van der Waals surface area contributed by atoms with E-state index in [1.165, 1.54) is 0 Å². The summed E-state index contributed by atoms with van der Waals surface area (Å²) in [5.41, 5.74) is -0.527.